The van der Waals surface area contributed by atoms with E-state index in [0.29, 0.717) is 5.16 Å². The summed E-state index contributed by atoms with van der Waals surface area (Å²) in [6, 6.07) is 5.13. The molecule has 1 N–H and O–H groups in total. The van der Waals surface area contributed by atoms with Crippen LogP contribution in [-0.2, 0) is 14.3 Å². The van der Waals surface area contributed by atoms with Crippen LogP contribution < -0.4 is 0 Å². The van der Waals surface area contributed by atoms with Crippen LogP contribution in [0.5, 0.6) is 0 Å². The summed E-state index contributed by atoms with van der Waals surface area (Å²) >= 11 is 1.09. The van der Waals surface area contributed by atoms with Gasteiger partial charge in [0.15, 0.2) is 5.16 Å². The maximum atomic E-state index is 11.8. The number of hydrogen-bond acceptors (Lipinski definition) is 5. The number of carbonyl (C=O) groups excluding carboxylic acids is 1. The van der Waals surface area contributed by atoms with Gasteiger partial charge in [-0.15, -0.1) is 0 Å². The van der Waals surface area contributed by atoms with Crippen molar-refractivity contribution in [3.8, 4) is 0 Å². The summed E-state index contributed by atoms with van der Waals surface area (Å²) in [7, 11) is 1.33. The fourth-order valence-corrected chi connectivity index (χ4v) is 2.87. The normalized spacial score (nSPS) is 12.3. The molecule has 0 spiro atoms. The Bertz CT molecular complexity index is 696. The zero-order chi connectivity index (χ0) is 15.6. The molecular weight excluding hydrogens is 292 g/mol. The number of benzene rings is 1. The molecule has 1 heterocycles. The van der Waals surface area contributed by atoms with Crippen molar-refractivity contribution in [1.29, 1.82) is 0 Å². The molecule has 0 saturated heterocycles. The van der Waals surface area contributed by atoms with Crippen molar-refractivity contribution in [2.75, 3.05) is 12.9 Å². The predicted molar refractivity (Wildman–Crippen MR) is 79.6 cm³/mol. The summed E-state index contributed by atoms with van der Waals surface area (Å²) in [5, 5.41) is 9.33. The number of carboxylic acid groups (broad SMARTS) is 1. The summed E-state index contributed by atoms with van der Waals surface area (Å²) in [6.45, 7) is 3.66. The highest BCUT2D eigenvalue weighted by Gasteiger charge is 2.22. The highest BCUT2D eigenvalue weighted by atomic mass is 32.2. The molecular formula is C14H16N2O4S. The molecule has 0 radical (unpaired) electrons. The fraction of sp³-hybridized carbons (Fsp3) is 0.357. The number of thioether (sulfide) groups is 1. The van der Waals surface area contributed by atoms with E-state index in [1.165, 1.54) is 7.11 Å². The molecule has 1 unspecified atom stereocenters. The second-order valence-electron chi connectivity index (χ2n) is 4.64. The third-order valence-corrected chi connectivity index (χ3v) is 4.00. The Hall–Kier alpha value is -2.02. The minimum absolute atomic E-state index is 0.115. The summed E-state index contributed by atoms with van der Waals surface area (Å²) in [6.07, 6.45) is 0. The number of imidazole rings is 1. The van der Waals surface area contributed by atoms with Gasteiger partial charge in [0.1, 0.15) is 6.04 Å². The third-order valence-electron chi connectivity index (χ3n) is 3.07. The molecule has 2 rings (SSSR count). The number of methoxy groups -OCH3 is 1. The lowest BCUT2D eigenvalue weighted by molar-refractivity contribution is -0.144. The molecule has 2 aromatic rings. The summed E-state index contributed by atoms with van der Waals surface area (Å²) in [4.78, 5) is 27.0. The summed E-state index contributed by atoms with van der Waals surface area (Å²) in [5.41, 5.74) is 2.56. The smallest absolute Gasteiger partial charge is 0.328 e. The molecule has 0 fully saturated rings. The largest absolute Gasteiger partial charge is 0.481 e. The van der Waals surface area contributed by atoms with Crippen molar-refractivity contribution >= 4 is 34.7 Å². The van der Waals surface area contributed by atoms with Crippen molar-refractivity contribution in [2.24, 2.45) is 0 Å². The number of rotatable bonds is 5. The van der Waals surface area contributed by atoms with E-state index in [1.54, 1.807) is 11.5 Å². The van der Waals surface area contributed by atoms with Gasteiger partial charge in [-0.25, -0.2) is 9.78 Å². The van der Waals surface area contributed by atoms with E-state index in [1.807, 2.05) is 25.1 Å². The average molecular weight is 308 g/mol. The van der Waals surface area contributed by atoms with Crippen LogP contribution in [0.2, 0.25) is 0 Å². The van der Waals surface area contributed by atoms with Gasteiger partial charge in [0.25, 0.3) is 0 Å². The van der Waals surface area contributed by atoms with E-state index in [-0.39, 0.29) is 5.75 Å². The quantitative estimate of drug-likeness (QED) is 0.674. The molecule has 0 amide bonds. The average Bonchev–Trinajstić information content (AvgIpc) is 2.80. The molecule has 1 atom stereocenters. The lowest BCUT2D eigenvalue weighted by Gasteiger charge is -2.14. The number of aromatic nitrogens is 2. The molecule has 1 aromatic carbocycles. The Morgan fingerprint density at radius 3 is 2.81 bits per heavy atom. The number of esters is 1. The van der Waals surface area contributed by atoms with Gasteiger partial charge in [0, 0.05) is 0 Å². The zero-order valence-corrected chi connectivity index (χ0v) is 12.8. The second kappa shape index (κ2) is 6.17. The first-order valence-corrected chi connectivity index (χ1v) is 7.33. The van der Waals surface area contributed by atoms with Gasteiger partial charge in [0.2, 0.25) is 0 Å². The van der Waals surface area contributed by atoms with E-state index in [0.717, 1.165) is 28.4 Å². The van der Waals surface area contributed by atoms with E-state index in [9.17, 15) is 9.59 Å². The lowest BCUT2D eigenvalue weighted by Crippen LogP contribution is -2.18. The van der Waals surface area contributed by atoms with Gasteiger partial charge < -0.3 is 14.4 Å². The van der Waals surface area contributed by atoms with E-state index in [4.69, 9.17) is 9.84 Å². The van der Waals surface area contributed by atoms with Crippen molar-refractivity contribution in [2.45, 2.75) is 25.0 Å². The number of carbonyl (C=O) groups is 2. The van der Waals surface area contributed by atoms with Gasteiger partial charge in [-0.3, -0.25) is 4.79 Å². The Kier molecular flexibility index (Phi) is 4.52. The topological polar surface area (TPSA) is 81.4 Å². The Labute approximate surface area is 126 Å². The van der Waals surface area contributed by atoms with Gasteiger partial charge in [-0.1, -0.05) is 17.8 Å². The van der Waals surface area contributed by atoms with Crippen LogP contribution in [0.1, 0.15) is 18.5 Å². The molecule has 0 aliphatic carbocycles. The minimum atomic E-state index is -0.930. The highest BCUT2D eigenvalue weighted by Crippen LogP contribution is 2.29. The van der Waals surface area contributed by atoms with Crippen LogP contribution in [0.4, 0.5) is 0 Å². The van der Waals surface area contributed by atoms with E-state index < -0.39 is 18.0 Å². The van der Waals surface area contributed by atoms with E-state index >= 15 is 0 Å². The van der Waals surface area contributed by atoms with Crippen LogP contribution in [0, 0.1) is 6.92 Å². The zero-order valence-electron chi connectivity index (χ0n) is 12.0. The van der Waals surface area contributed by atoms with Crippen LogP contribution in [0.3, 0.4) is 0 Å². The van der Waals surface area contributed by atoms with Gasteiger partial charge in [-0.05, 0) is 31.5 Å². The Balaban J connectivity index is 2.55. The first kappa shape index (κ1) is 15.4. The van der Waals surface area contributed by atoms with Crippen molar-refractivity contribution in [3.63, 3.8) is 0 Å². The summed E-state index contributed by atoms with van der Waals surface area (Å²) in [5.74, 6) is -1.44. The first-order valence-electron chi connectivity index (χ1n) is 6.35. The first-order chi connectivity index (χ1) is 9.93. The van der Waals surface area contributed by atoms with Crippen LogP contribution in [-0.4, -0.2) is 39.5 Å². The molecule has 0 bridgehead atoms. The van der Waals surface area contributed by atoms with Crippen LogP contribution >= 0.6 is 11.8 Å². The number of aliphatic carboxylic acids is 1. The molecule has 112 valence electrons. The maximum absolute atomic E-state index is 11.8. The monoisotopic (exact) mass is 308 g/mol. The molecule has 6 nitrogen and oxygen atoms in total. The highest BCUT2D eigenvalue weighted by molar-refractivity contribution is 7.99. The number of ether oxygens (including phenoxy) is 1. The maximum Gasteiger partial charge on any atom is 0.328 e. The molecule has 7 heteroatoms. The predicted octanol–water partition coefficient (Wildman–Crippen LogP) is 2.26. The van der Waals surface area contributed by atoms with Crippen LogP contribution in [0.25, 0.3) is 11.0 Å². The van der Waals surface area contributed by atoms with Gasteiger partial charge in [-0.2, -0.15) is 0 Å². The number of hydrogen-bond donors (Lipinski definition) is 1. The number of carboxylic acids is 1. The van der Waals surface area contributed by atoms with Crippen molar-refractivity contribution in [3.05, 3.63) is 23.8 Å². The Morgan fingerprint density at radius 1 is 1.48 bits per heavy atom. The molecule has 1 aromatic heterocycles. The number of aryl methyl sites for hydroxylation is 1. The second-order valence-corrected chi connectivity index (χ2v) is 5.58. The number of nitrogens with zero attached hydrogens (tertiary/aromatic N) is 2. The fourth-order valence-electron chi connectivity index (χ4n) is 2.06. The van der Waals surface area contributed by atoms with Crippen molar-refractivity contribution < 1.29 is 19.4 Å². The number of fused-ring (bicyclic) bond motifs is 1. The van der Waals surface area contributed by atoms with Gasteiger partial charge in [0.05, 0.1) is 23.9 Å². The Morgan fingerprint density at radius 2 is 2.19 bits per heavy atom. The minimum Gasteiger partial charge on any atom is -0.481 e. The van der Waals surface area contributed by atoms with Gasteiger partial charge >= 0.3 is 11.9 Å². The standard InChI is InChI=1S/C14H16N2O4S/c1-8-4-5-10-11(6-8)16(9(2)13(19)20-3)14(15-10)21-7-12(17)18/h4-6,9H,7H2,1-3H3,(H,17,18). The van der Waals surface area contributed by atoms with Crippen molar-refractivity contribution in [1.82, 2.24) is 9.55 Å². The molecule has 0 aliphatic rings. The summed E-state index contributed by atoms with van der Waals surface area (Å²) < 4.78 is 6.51. The molecule has 0 aliphatic heterocycles. The third kappa shape index (κ3) is 3.18. The molecule has 21 heavy (non-hydrogen) atoms. The van der Waals surface area contributed by atoms with E-state index in [2.05, 4.69) is 4.98 Å². The molecule has 0 saturated carbocycles. The SMILES string of the molecule is COC(=O)C(C)n1c(SCC(=O)O)nc2ccc(C)cc21. The lowest BCUT2D eigenvalue weighted by atomic mass is 10.2. The van der Waals surface area contributed by atoms with Crippen LogP contribution in [0.15, 0.2) is 23.4 Å².